The lowest BCUT2D eigenvalue weighted by Gasteiger charge is -2.12. The number of halogens is 1. The Morgan fingerprint density at radius 2 is 1.96 bits per heavy atom. The standard InChI is InChI=1S/C20H21BrN2O/c1-3-7-18-20(15-9-6-10-17(21)12-15)22-14-23(18)13-16-8-4-5-11-19(16)24-2/h4-6,8-12,14H,3,7,13H2,1-2H3. The number of methoxy groups -OCH3 is 1. The quantitative estimate of drug-likeness (QED) is 0.574. The van der Waals surface area contributed by atoms with E-state index >= 15 is 0 Å². The van der Waals surface area contributed by atoms with Crippen molar-refractivity contribution in [3.8, 4) is 17.0 Å². The summed E-state index contributed by atoms with van der Waals surface area (Å²) >= 11 is 3.55. The molecule has 3 aromatic rings. The maximum atomic E-state index is 5.48. The molecule has 4 heteroatoms. The van der Waals surface area contributed by atoms with E-state index in [-0.39, 0.29) is 0 Å². The molecule has 24 heavy (non-hydrogen) atoms. The predicted molar refractivity (Wildman–Crippen MR) is 101 cm³/mol. The highest BCUT2D eigenvalue weighted by Crippen LogP contribution is 2.27. The molecule has 0 amide bonds. The first-order valence-electron chi connectivity index (χ1n) is 8.14. The van der Waals surface area contributed by atoms with Crippen molar-refractivity contribution in [3.63, 3.8) is 0 Å². The summed E-state index contributed by atoms with van der Waals surface area (Å²) in [6.45, 7) is 2.96. The predicted octanol–water partition coefficient (Wildman–Crippen LogP) is 5.32. The van der Waals surface area contributed by atoms with Crippen LogP contribution in [0.25, 0.3) is 11.3 Å². The number of para-hydroxylation sites is 1. The van der Waals surface area contributed by atoms with Crippen molar-refractivity contribution in [2.75, 3.05) is 7.11 Å². The number of hydrogen-bond acceptors (Lipinski definition) is 2. The highest BCUT2D eigenvalue weighted by molar-refractivity contribution is 9.10. The van der Waals surface area contributed by atoms with Gasteiger partial charge in [0.05, 0.1) is 25.7 Å². The first-order chi connectivity index (χ1) is 11.7. The van der Waals surface area contributed by atoms with Gasteiger partial charge in [0.25, 0.3) is 0 Å². The molecule has 0 saturated heterocycles. The molecule has 0 saturated carbocycles. The molecule has 124 valence electrons. The lowest BCUT2D eigenvalue weighted by molar-refractivity contribution is 0.408. The Kier molecular flexibility index (Phi) is 5.36. The van der Waals surface area contributed by atoms with Gasteiger partial charge in [-0.2, -0.15) is 0 Å². The maximum absolute atomic E-state index is 5.48. The zero-order valence-corrected chi connectivity index (χ0v) is 15.6. The fourth-order valence-corrected chi connectivity index (χ4v) is 3.34. The van der Waals surface area contributed by atoms with Crippen LogP contribution in [0, 0.1) is 0 Å². The van der Waals surface area contributed by atoms with Crippen LogP contribution in [0.5, 0.6) is 5.75 Å². The van der Waals surface area contributed by atoms with Gasteiger partial charge in [-0.15, -0.1) is 0 Å². The van der Waals surface area contributed by atoms with E-state index in [9.17, 15) is 0 Å². The molecule has 0 aliphatic carbocycles. The fraction of sp³-hybridized carbons (Fsp3) is 0.250. The third-order valence-electron chi connectivity index (χ3n) is 4.06. The van der Waals surface area contributed by atoms with Gasteiger partial charge in [-0.05, 0) is 24.6 Å². The number of nitrogens with zero attached hydrogens (tertiary/aromatic N) is 2. The highest BCUT2D eigenvalue weighted by Gasteiger charge is 2.14. The molecule has 0 atom stereocenters. The van der Waals surface area contributed by atoms with Crippen LogP contribution in [0.3, 0.4) is 0 Å². The normalized spacial score (nSPS) is 10.8. The van der Waals surface area contributed by atoms with E-state index in [1.54, 1.807) is 7.11 Å². The number of benzene rings is 2. The third kappa shape index (κ3) is 3.54. The van der Waals surface area contributed by atoms with E-state index in [2.05, 4.69) is 45.6 Å². The van der Waals surface area contributed by atoms with Gasteiger partial charge in [-0.3, -0.25) is 0 Å². The van der Waals surface area contributed by atoms with Gasteiger partial charge >= 0.3 is 0 Å². The summed E-state index contributed by atoms with van der Waals surface area (Å²) in [5, 5.41) is 0. The number of imidazole rings is 1. The summed E-state index contributed by atoms with van der Waals surface area (Å²) in [6, 6.07) is 16.5. The summed E-state index contributed by atoms with van der Waals surface area (Å²) in [5.41, 5.74) is 4.64. The largest absolute Gasteiger partial charge is 0.496 e. The van der Waals surface area contributed by atoms with Gasteiger partial charge in [0.1, 0.15) is 5.75 Å². The zero-order valence-electron chi connectivity index (χ0n) is 14.0. The maximum Gasteiger partial charge on any atom is 0.123 e. The van der Waals surface area contributed by atoms with Gasteiger partial charge in [0, 0.05) is 21.3 Å². The van der Waals surface area contributed by atoms with Crippen LogP contribution in [0.15, 0.2) is 59.3 Å². The topological polar surface area (TPSA) is 27.1 Å². The molecule has 2 aromatic carbocycles. The van der Waals surface area contributed by atoms with E-state index in [1.807, 2.05) is 36.7 Å². The number of hydrogen-bond donors (Lipinski definition) is 0. The van der Waals surface area contributed by atoms with Crippen molar-refractivity contribution >= 4 is 15.9 Å². The summed E-state index contributed by atoms with van der Waals surface area (Å²) < 4.78 is 8.79. The van der Waals surface area contributed by atoms with Crippen LogP contribution < -0.4 is 4.74 Å². The SMILES string of the molecule is CCCc1c(-c2cccc(Br)c2)ncn1Cc1ccccc1OC. The van der Waals surface area contributed by atoms with Crippen molar-refractivity contribution in [1.29, 1.82) is 0 Å². The Labute approximate surface area is 151 Å². The Hall–Kier alpha value is -2.07. The van der Waals surface area contributed by atoms with E-state index < -0.39 is 0 Å². The molecular weight excluding hydrogens is 364 g/mol. The molecule has 0 aliphatic heterocycles. The minimum Gasteiger partial charge on any atom is -0.496 e. The molecule has 3 nitrogen and oxygen atoms in total. The van der Waals surface area contributed by atoms with Crippen molar-refractivity contribution < 1.29 is 4.74 Å². The molecule has 0 radical (unpaired) electrons. The smallest absolute Gasteiger partial charge is 0.123 e. The molecule has 0 unspecified atom stereocenters. The van der Waals surface area contributed by atoms with Crippen molar-refractivity contribution in [2.24, 2.45) is 0 Å². The lowest BCUT2D eigenvalue weighted by Crippen LogP contribution is -2.05. The monoisotopic (exact) mass is 384 g/mol. The minimum absolute atomic E-state index is 0.764. The zero-order chi connectivity index (χ0) is 16.9. The average molecular weight is 385 g/mol. The Bertz CT molecular complexity index is 826. The number of aromatic nitrogens is 2. The second-order valence-electron chi connectivity index (χ2n) is 5.74. The average Bonchev–Trinajstić information content (AvgIpc) is 2.98. The first kappa shape index (κ1) is 16.8. The van der Waals surface area contributed by atoms with Crippen LogP contribution >= 0.6 is 15.9 Å². The first-order valence-corrected chi connectivity index (χ1v) is 8.94. The van der Waals surface area contributed by atoms with E-state index in [4.69, 9.17) is 9.72 Å². The summed E-state index contributed by atoms with van der Waals surface area (Å²) in [4.78, 5) is 4.70. The number of rotatable bonds is 6. The van der Waals surface area contributed by atoms with Gasteiger partial charge in [-0.25, -0.2) is 4.98 Å². The number of ether oxygens (including phenoxy) is 1. The van der Waals surface area contributed by atoms with Crippen molar-refractivity contribution in [2.45, 2.75) is 26.3 Å². The van der Waals surface area contributed by atoms with Gasteiger partial charge in [0.15, 0.2) is 0 Å². The lowest BCUT2D eigenvalue weighted by atomic mass is 10.1. The molecule has 0 N–H and O–H groups in total. The third-order valence-corrected chi connectivity index (χ3v) is 4.56. The van der Waals surface area contributed by atoms with Crippen LogP contribution in [-0.2, 0) is 13.0 Å². The van der Waals surface area contributed by atoms with Crippen molar-refractivity contribution in [3.05, 3.63) is 70.6 Å². The van der Waals surface area contributed by atoms with Crippen LogP contribution in [0.2, 0.25) is 0 Å². The Balaban J connectivity index is 2.00. The Morgan fingerprint density at radius 3 is 2.71 bits per heavy atom. The van der Waals surface area contributed by atoms with Crippen LogP contribution in [0.1, 0.15) is 24.6 Å². The van der Waals surface area contributed by atoms with Gasteiger partial charge in [-0.1, -0.05) is 59.6 Å². The summed E-state index contributed by atoms with van der Waals surface area (Å²) in [6.07, 6.45) is 4.02. The summed E-state index contributed by atoms with van der Waals surface area (Å²) in [5.74, 6) is 0.914. The molecule has 1 heterocycles. The molecule has 0 aliphatic rings. The van der Waals surface area contributed by atoms with Gasteiger partial charge < -0.3 is 9.30 Å². The minimum atomic E-state index is 0.764. The molecule has 1 aromatic heterocycles. The van der Waals surface area contributed by atoms with Gasteiger partial charge in [0.2, 0.25) is 0 Å². The fourth-order valence-electron chi connectivity index (χ4n) is 2.94. The van der Waals surface area contributed by atoms with E-state index in [1.165, 1.54) is 5.69 Å². The second-order valence-corrected chi connectivity index (χ2v) is 6.66. The molecule has 0 spiro atoms. The molecule has 0 bridgehead atoms. The molecule has 3 rings (SSSR count). The summed E-state index contributed by atoms with van der Waals surface area (Å²) in [7, 11) is 1.71. The van der Waals surface area contributed by atoms with Crippen LogP contribution in [0.4, 0.5) is 0 Å². The van der Waals surface area contributed by atoms with E-state index in [0.29, 0.717) is 0 Å². The van der Waals surface area contributed by atoms with Crippen molar-refractivity contribution in [1.82, 2.24) is 9.55 Å². The van der Waals surface area contributed by atoms with E-state index in [0.717, 1.165) is 46.4 Å². The molecule has 0 fully saturated rings. The van der Waals surface area contributed by atoms with Crippen LogP contribution in [-0.4, -0.2) is 16.7 Å². The highest BCUT2D eigenvalue weighted by atomic mass is 79.9. The second kappa shape index (κ2) is 7.67. The molecular formula is C20H21BrN2O. The Morgan fingerprint density at radius 1 is 1.12 bits per heavy atom.